The molecule has 2 aliphatic heterocycles. The second-order valence-corrected chi connectivity index (χ2v) is 9.84. The van der Waals surface area contributed by atoms with Gasteiger partial charge in [-0.15, -0.1) is 0 Å². The summed E-state index contributed by atoms with van der Waals surface area (Å²) in [6.07, 6.45) is 0.184. The van der Waals surface area contributed by atoms with Crippen LogP contribution in [0.1, 0.15) is 50.6 Å². The van der Waals surface area contributed by atoms with Gasteiger partial charge in [0.2, 0.25) is 5.91 Å². The van der Waals surface area contributed by atoms with Crippen molar-refractivity contribution in [3.63, 3.8) is 0 Å². The van der Waals surface area contributed by atoms with Gasteiger partial charge in [-0.25, -0.2) is 9.59 Å². The standard InChI is InChI=1S/C30H25N3O7/c34-26(40-33-27(35)22-12-5-6-13-23(22)28(33)36)16-32-15-7-14-25(29(32)37)31-30(38)39-17-24-20-10-3-1-8-18(20)19-9-2-4-11-21(19)24/h1-6,8-13,24-25H,7,14-17H2,(H,31,38). The molecule has 1 saturated heterocycles. The van der Waals surface area contributed by atoms with Crippen LogP contribution in [-0.4, -0.2) is 65.5 Å². The minimum Gasteiger partial charge on any atom is -0.449 e. The largest absolute Gasteiger partial charge is 0.449 e. The minimum atomic E-state index is -0.940. The maximum absolute atomic E-state index is 13.0. The van der Waals surface area contributed by atoms with E-state index in [2.05, 4.69) is 5.32 Å². The molecule has 1 N–H and O–H groups in total. The van der Waals surface area contributed by atoms with Crippen molar-refractivity contribution in [2.24, 2.45) is 0 Å². The summed E-state index contributed by atoms with van der Waals surface area (Å²) in [4.78, 5) is 69.5. The molecule has 10 heteroatoms. The highest BCUT2D eigenvalue weighted by Gasteiger charge is 2.40. The maximum atomic E-state index is 13.0. The molecule has 3 aromatic rings. The van der Waals surface area contributed by atoms with Crippen LogP contribution in [0.4, 0.5) is 4.79 Å². The Labute approximate surface area is 229 Å². The van der Waals surface area contributed by atoms with Crippen molar-refractivity contribution < 1.29 is 33.5 Å². The van der Waals surface area contributed by atoms with Gasteiger partial charge in [-0.05, 0) is 47.2 Å². The van der Waals surface area contributed by atoms with Crippen molar-refractivity contribution in [3.8, 4) is 11.1 Å². The third-order valence-corrected chi connectivity index (χ3v) is 7.44. The molecule has 1 aliphatic carbocycles. The van der Waals surface area contributed by atoms with Crippen LogP contribution in [0.25, 0.3) is 11.1 Å². The predicted octanol–water partition coefficient (Wildman–Crippen LogP) is 3.27. The van der Waals surface area contributed by atoms with E-state index < -0.39 is 42.4 Å². The molecule has 6 rings (SSSR count). The zero-order valence-electron chi connectivity index (χ0n) is 21.4. The lowest BCUT2D eigenvalue weighted by molar-refractivity contribution is -0.171. The van der Waals surface area contributed by atoms with Gasteiger partial charge in [0.15, 0.2) is 0 Å². The molecule has 3 aliphatic rings. The lowest BCUT2D eigenvalue weighted by Crippen LogP contribution is -2.54. The van der Waals surface area contributed by atoms with Crippen molar-refractivity contribution in [3.05, 3.63) is 95.1 Å². The summed E-state index contributed by atoms with van der Waals surface area (Å²) < 4.78 is 5.56. The number of hydrogen-bond acceptors (Lipinski definition) is 7. The molecule has 0 aromatic heterocycles. The number of piperidine rings is 1. The molecule has 202 valence electrons. The first-order valence-electron chi connectivity index (χ1n) is 13.0. The van der Waals surface area contributed by atoms with E-state index in [1.807, 2.05) is 48.5 Å². The highest BCUT2D eigenvalue weighted by molar-refractivity contribution is 6.20. The van der Waals surface area contributed by atoms with Gasteiger partial charge in [-0.2, -0.15) is 0 Å². The number of amides is 4. The topological polar surface area (TPSA) is 122 Å². The Morgan fingerprint density at radius 3 is 1.95 bits per heavy atom. The molecule has 0 bridgehead atoms. The Morgan fingerprint density at radius 2 is 1.35 bits per heavy atom. The fraction of sp³-hybridized carbons (Fsp3) is 0.233. The average molecular weight is 540 g/mol. The van der Waals surface area contributed by atoms with Crippen molar-refractivity contribution >= 4 is 29.8 Å². The van der Waals surface area contributed by atoms with Crippen LogP contribution < -0.4 is 5.32 Å². The molecule has 4 amide bonds. The van der Waals surface area contributed by atoms with E-state index in [0.717, 1.165) is 22.3 Å². The van der Waals surface area contributed by atoms with Crippen LogP contribution in [-0.2, 0) is 19.2 Å². The van der Waals surface area contributed by atoms with Crippen molar-refractivity contribution in [2.45, 2.75) is 24.8 Å². The lowest BCUT2D eigenvalue weighted by atomic mass is 9.98. The summed E-state index contributed by atoms with van der Waals surface area (Å²) in [5.41, 5.74) is 4.65. The van der Waals surface area contributed by atoms with Crippen LogP contribution >= 0.6 is 0 Å². The van der Waals surface area contributed by atoms with E-state index in [1.165, 1.54) is 17.0 Å². The number of likely N-dealkylation sites (tertiary alicyclic amines) is 1. The Bertz CT molecular complexity index is 1470. The molecule has 0 saturated carbocycles. The lowest BCUT2D eigenvalue weighted by Gasteiger charge is -2.31. The number of nitrogens with one attached hydrogen (secondary N) is 1. The SMILES string of the molecule is O=C(CN1CCCC(NC(=O)OCC2c3ccccc3-c3ccccc32)C1=O)ON1C(=O)c2ccccc2C1=O. The van der Waals surface area contributed by atoms with Crippen LogP contribution in [0.5, 0.6) is 0 Å². The summed E-state index contributed by atoms with van der Waals surface area (Å²) in [5, 5.41) is 3.03. The van der Waals surface area contributed by atoms with Crippen molar-refractivity contribution in [2.75, 3.05) is 19.7 Å². The van der Waals surface area contributed by atoms with E-state index >= 15 is 0 Å². The van der Waals surface area contributed by atoms with E-state index in [-0.39, 0.29) is 30.2 Å². The highest BCUT2D eigenvalue weighted by Crippen LogP contribution is 2.44. The van der Waals surface area contributed by atoms with Gasteiger partial charge in [0, 0.05) is 12.5 Å². The maximum Gasteiger partial charge on any atom is 0.407 e. The number of nitrogens with zero attached hydrogens (tertiary/aromatic N) is 2. The van der Waals surface area contributed by atoms with E-state index in [1.54, 1.807) is 12.1 Å². The Hall–Kier alpha value is -4.99. The van der Waals surface area contributed by atoms with Crippen LogP contribution in [0.3, 0.4) is 0 Å². The molecule has 1 fully saturated rings. The molecule has 40 heavy (non-hydrogen) atoms. The van der Waals surface area contributed by atoms with Gasteiger partial charge in [-0.1, -0.05) is 65.7 Å². The molecule has 1 unspecified atom stereocenters. The fourth-order valence-electron chi connectivity index (χ4n) is 5.55. The van der Waals surface area contributed by atoms with Gasteiger partial charge in [0.05, 0.1) is 11.1 Å². The number of fused-ring (bicyclic) bond motifs is 4. The monoisotopic (exact) mass is 539 g/mol. The van der Waals surface area contributed by atoms with Gasteiger partial charge in [0.25, 0.3) is 11.8 Å². The minimum absolute atomic E-state index is 0.108. The van der Waals surface area contributed by atoms with Crippen LogP contribution in [0.15, 0.2) is 72.8 Å². The molecule has 1 atom stereocenters. The highest BCUT2D eigenvalue weighted by atomic mass is 16.7. The van der Waals surface area contributed by atoms with Crippen LogP contribution in [0.2, 0.25) is 0 Å². The van der Waals surface area contributed by atoms with E-state index in [0.29, 0.717) is 17.9 Å². The number of rotatable bonds is 6. The number of hydroxylamine groups is 2. The second-order valence-electron chi connectivity index (χ2n) is 9.84. The summed E-state index contributed by atoms with van der Waals surface area (Å²) in [7, 11) is 0. The van der Waals surface area contributed by atoms with Crippen molar-refractivity contribution in [1.29, 1.82) is 0 Å². The molecule has 0 radical (unpaired) electrons. The predicted molar refractivity (Wildman–Crippen MR) is 141 cm³/mol. The number of alkyl carbamates (subject to hydrolysis) is 1. The molecule has 0 spiro atoms. The first kappa shape index (κ1) is 25.3. The molecular formula is C30H25N3O7. The number of ether oxygens (including phenoxy) is 1. The van der Waals surface area contributed by atoms with E-state index in [9.17, 15) is 24.0 Å². The molecule has 10 nitrogen and oxygen atoms in total. The van der Waals surface area contributed by atoms with E-state index in [4.69, 9.17) is 9.57 Å². The van der Waals surface area contributed by atoms with Gasteiger partial charge < -0.3 is 19.8 Å². The Kier molecular flexibility index (Phi) is 6.51. The van der Waals surface area contributed by atoms with Crippen LogP contribution in [0, 0.1) is 0 Å². The summed E-state index contributed by atoms with van der Waals surface area (Å²) in [6.45, 7) is -0.106. The quantitative estimate of drug-likeness (QED) is 0.477. The normalized spacial score (nSPS) is 17.8. The number of benzene rings is 3. The Balaban J connectivity index is 1.04. The number of hydrogen-bond donors (Lipinski definition) is 1. The average Bonchev–Trinajstić information content (AvgIpc) is 3.41. The zero-order chi connectivity index (χ0) is 27.8. The summed E-state index contributed by atoms with van der Waals surface area (Å²) in [5.74, 6) is -3.01. The molecule has 3 aromatic carbocycles. The first-order valence-corrected chi connectivity index (χ1v) is 13.0. The Morgan fingerprint density at radius 1 is 0.800 bits per heavy atom. The van der Waals surface area contributed by atoms with Gasteiger partial charge in [0.1, 0.15) is 19.2 Å². The number of carbonyl (C=O) groups excluding carboxylic acids is 5. The molecular weight excluding hydrogens is 514 g/mol. The number of carbonyl (C=O) groups is 5. The third kappa shape index (κ3) is 4.47. The zero-order valence-corrected chi connectivity index (χ0v) is 21.4. The summed E-state index contributed by atoms with van der Waals surface area (Å²) in [6, 6.07) is 21.2. The smallest absolute Gasteiger partial charge is 0.407 e. The number of imide groups is 1. The van der Waals surface area contributed by atoms with Gasteiger partial charge >= 0.3 is 12.1 Å². The van der Waals surface area contributed by atoms with Gasteiger partial charge in [-0.3, -0.25) is 14.4 Å². The third-order valence-electron chi connectivity index (χ3n) is 7.44. The molecule has 2 heterocycles. The second kappa shape index (κ2) is 10.3. The fourth-order valence-corrected chi connectivity index (χ4v) is 5.55. The van der Waals surface area contributed by atoms with Crippen molar-refractivity contribution in [1.82, 2.24) is 15.3 Å². The first-order chi connectivity index (χ1) is 19.4. The summed E-state index contributed by atoms with van der Waals surface area (Å²) >= 11 is 0.